The van der Waals surface area contributed by atoms with E-state index >= 15 is 0 Å². The lowest BCUT2D eigenvalue weighted by Crippen LogP contribution is -2.17. The molecule has 1 heterocycles. The number of carbonyl (C=O) groups is 1. The van der Waals surface area contributed by atoms with Crippen LogP contribution in [0.4, 0.5) is 5.69 Å². The van der Waals surface area contributed by atoms with Gasteiger partial charge in [0, 0.05) is 30.3 Å². The van der Waals surface area contributed by atoms with Gasteiger partial charge in [0.15, 0.2) is 0 Å². The van der Waals surface area contributed by atoms with E-state index in [2.05, 4.69) is 10.6 Å². The van der Waals surface area contributed by atoms with Gasteiger partial charge in [-0.25, -0.2) is 0 Å². The molecule has 1 aromatic carbocycles. The fraction of sp³-hybridized carbons (Fsp3) is 0.588. The Kier molecular flexibility index (Phi) is 4.59. The minimum absolute atomic E-state index is 0. The average molecular weight is 323 g/mol. The maximum absolute atomic E-state index is 12.4. The van der Waals surface area contributed by atoms with E-state index in [4.69, 9.17) is 4.74 Å². The molecule has 0 saturated heterocycles. The Morgan fingerprint density at radius 2 is 2.00 bits per heavy atom. The maximum Gasteiger partial charge on any atom is 0.228 e. The van der Waals surface area contributed by atoms with E-state index in [1.165, 1.54) is 25.7 Å². The highest BCUT2D eigenvalue weighted by Gasteiger charge is 2.54. The molecule has 3 aliphatic rings. The quantitative estimate of drug-likeness (QED) is 0.880. The van der Waals surface area contributed by atoms with Crippen molar-refractivity contribution in [2.75, 3.05) is 18.5 Å². The molecule has 2 aliphatic carbocycles. The van der Waals surface area contributed by atoms with Gasteiger partial charge < -0.3 is 15.4 Å². The van der Waals surface area contributed by atoms with Crippen molar-refractivity contribution < 1.29 is 9.53 Å². The molecule has 2 N–H and O–H groups in total. The van der Waals surface area contributed by atoms with Gasteiger partial charge in [0.25, 0.3) is 0 Å². The summed E-state index contributed by atoms with van der Waals surface area (Å²) in [4.78, 5) is 12.4. The van der Waals surface area contributed by atoms with Gasteiger partial charge in [-0.1, -0.05) is 12.8 Å². The number of hydrogen-bond acceptors (Lipinski definition) is 3. The number of amides is 1. The molecular formula is C17H23ClN2O2. The third-order valence-electron chi connectivity index (χ3n) is 5.14. The predicted molar refractivity (Wildman–Crippen MR) is 88.5 cm³/mol. The first kappa shape index (κ1) is 15.6. The number of nitrogens with one attached hydrogen (secondary N) is 2. The van der Waals surface area contributed by atoms with E-state index in [1.807, 2.05) is 18.2 Å². The second-order valence-electron chi connectivity index (χ2n) is 6.47. The zero-order valence-corrected chi connectivity index (χ0v) is 13.5. The van der Waals surface area contributed by atoms with Gasteiger partial charge in [-0.3, -0.25) is 4.79 Å². The number of fused-ring (bicyclic) bond motifs is 2. The molecule has 120 valence electrons. The van der Waals surface area contributed by atoms with Crippen LogP contribution in [0, 0.1) is 17.8 Å². The van der Waals surface area contributed by atoms with Crippen LogP contribution in [0.2, 0.25) is 0 Å². The summed E-state index contributed by atoms with van der Waals surface area (Å²) in [6.45, 7) is 2.36. The Hall–Kier alpha value is -1.26. The second kappa shape index (κ2) is 6.47. The van der Waals surface area contributed by atoms with Gasteiger partial charge in [0.1, 0.15) is 12.4 Å². The highest BCUT2D eigenvalue weighted by Crippen LogP contribution is 2.55. The Labute approximate surface area is 137 Å². The lowest BCUT2D eigenvalue weighted by Gasteiger charge is -2.10. The van der Waals surface area contributed by atoms with E-state index in [-0.39, 0.29) is 24.2 Å². The van der Waals surface area contributed by atoms with Gasteiger partial charge in [-0.2, -0.15) is 0 Å². The molecule has 0 aromatic heterocycles. The second-order valence-corrected chi connectivity index (χ2v) is 6.47. The molecule has 2 fully saturated rings. The zero-order chi connectivity index (χ0) is 14.2. The molecule has 4 nitrogen and oxygen atoms in total. The number of benzene rings is 1. The summed E-state index contributed by atoms with van der Waals surface area (Å²) < 4.78 is 5.67. The van der Waals surface area contributed by atoms with Crippen molar-refractivity contribution in [2.24, 2.45) is 17.8 Å². The number of rotatable bonds is 2. The highest BCUT2D eigenvalue weighted by molar-refractivity contribution is 5.95. The van der Waals surface area contributed by atoms with Crippen molar-refractivity contribution in [3.05, 3.63) is 23.8 Å². The fourth-order valence-electron chi connectivity index (χ4n) is 4.00. The molecule has 0 bridgehead atoms. The third kappa shape index (κ3) is 2.95. The molecule has 2 unspecified atom stereocenters. The topological polar surface area (TPSA) is 50.4 Å². The Morgan fingerprint density at radius 1 is 1.23 bits per heavy atom. The average Bonchev–Trinajstić information content (AvgIpc) is 3.26. The summed E-state index contributed by atoms with van der Waals surface area (Å²) in [7, 11) is 0. The van der Waals surface area contributed by atoms with Crippen LogP contribution < -0.4 is 15.4 Å². The Morgan fingerprint density at radius 3 is 2.77 bits per heavy atom. The molecule has 22 heavy (non-hydrogen) atoms. The van der Waals surface area contributed by atoms with Crippen LogP contribution in [0.5, 0.6) is 5.75 Å². The van der Waals surface area contributed by atoms with Gasteiger partial charge >= 0.3 is 0 Å². The normalized spacial score (nSPS) is 29.0. The highest BCUT2D eigenvalue weighted by atomic mass is 35.5. The van der Waals surface area contributed by atoms with Crippen molar-refractivity contribution in [3.63, 3.8) is 0 Å². The molecular weight excluding hydrogens is 300 g/mol. The molecule has 1 amide bonds. The summed E-state index contributed by atoms with van der Waals surface area (Å²) in [5, 5.41) is 6.43. The minimum atomic E-state index is 0. The molecule has 0 radical (unpaired) electrons. The standard InChI is InChI=1S/C17H22N2O2.ClH/c20-17(16-13-3-1-2-4-14(13)16)19-12-5-6-15-11(9-12)10-18-7-8-21-15;/h5-6,9,13-14,16,18H,1-4,7-8,10H2,(H,19,20);1H. The maximum atomic E-state index is 12.4. The Bertz CT molecular complexity index is 552. The summed E-state index contributed by atoms with van der Waals surface area (Å²) >= 11 is 0. The Balaban J connectivity index is 0.00000144. The van der Waals surface area contributed by atoms with Crippen molar-refractivity contribution >= 4 is 24.0 Å². The van der Waals surface area contributed by atoms with Crippen LogP contribution in [-0.4, -0.2) is 19.1 Å². The van der Waals surface area contributed by atoms with Crippen LogP contribution in [-0.2, 0) is 11.3 Å². The first-order valence-corrected chi connectivity index (χ1v) is 8.10. The number of hydrogen-bond donors (Lipinski definition) is 2. The summed E-state index contributed by atoms with van der Waals surface area (Å²) in [6.07, 6.45) is 5.08. The minimum Gasteiger partial charge on any atom is -0.492 e. The lowest BCUT2D eigenvalue weighted by atomic mass is 10.0. The first-order chi connectivity index (χ1) is 10.3. The van der Waals surface area contributed by atoms with E-state index in [1.54, 1.807) is 0 Å². The molecule has 1 aliphatic heterocycles. The number of carbonyl (C=O) groups excluding carboxylic acids is 1. The largest absolute Gasteiger partial charge is 0.492 e. The SMILES string of the molecule is Cl.O=C(Nc1ccc2c(c1)CNCCO2)C1C2CCCCC21. The molecule has 2 saturated carbocycles. The van der Waals surface area contributed by atoms with Gasteiger partial charge in [0.2, 0.25) is 5.91 Å². The summed E-state index contributed by atoms with van der Waals surface area (Å²) in [5.74, 6) is 2.72. The predicted octanol–water partition coefficient (Wildman–Crippen LogP) is 2.97. The van der Waals surface area contributed by atoms with Crippen molar-refractivity contribution in [1.82, 2.24) is 5.32 Å². The van der Waals surface area contributed by atoms with Crippen LogP contribution in [0.1, 0.15) is 31.2 Å². The summed E-state index contributed by atoms with van der Waals surface area (Å²) in [6, 6.07) is 5.96. The number of ether oxygens (including phenoxy) is 1. The van der Waals surface area contributed by atoms with Crippen LogP contribution in [0.25, 0.3) is 0 Å². The smallest absolute Gasteiger partial charge is 0.228 e. The number of anilines is 1. The van der Waals surface area contributed by atoms with Gasteiger partial charge in [-0.05, 0) is 42.9 Å². The lowest BCUT2D eigenvalue weighted by molar-refractivity contribution is -0.117. The van der Waals surface area contributed by atoms with Crippen LogP contribution >= 0.6 is 12.4 Å². The fourth-order valence-corrected chi connectivity index (χ4v) is 4.00. The first-order valence-electron chi connectivity index (χ1n) is 8.10. The van der Waals surface area contributed by atoms with E-state index in [0.717, 1.165) is 30.1 Å². The third-order valence-corrected chi connectivity index (χ3v) is 5.14. The molecule has 5 heteroatoms. The monoisotopic (exact) mass is 322 g/mol. The molecule has 0 spiro atoms. The van der Waals surface area contributed by atoms with Crippen LogP contribution in [0.3, 0.4) is 0 Å². The number of halogens is 1. The van der Waals surface area contributed by atoms with Crippen molar-refractivity contribution in [2.45, 2.75) is 32.2 Å². The van der Waals surface area contributed by atoms with Crippen molar-refractivity contribution in [3.8, 4) is 5.75 Å². The van der Waals surface area contributed by atoms with Gasteiger partial charge in [-0.15, -0.1) is 12.4 Å². The molecule has 1 aromatic rings. The molecule has 2 atom stereocenters. The van der Waals surface area contributed by atoms with E-state index < -0.39 is 0 Å². The summed E-state index contributed by atoms with van der Waals surface area (Å²) in [5.41, 5.74) is 2.02. The van der Waals surface area contributed by atoms with Gasteiger partial charge in [0.05, 0.1) is 0 Å². The van der Waals surface area contributed by atoms with E-state index in [0.29, 0.717) is 18.4 Å². The van der Waals surface area contributed by atoms with E-state index in [9.17, 15) is 4.79 Å². The molecule has 4 rings (SSSR count). The van der Waals surface area contributed by atoms with Crippen molar-refractivity contribution in [1.29, 1.82) is 0 Å². The zero-order valence-electron chi connectivity index (χ0n) is 12.6. The van der Waals surface area contributed by atoms with Crippen LogP contribution in [0.15, 0.2) is 18.2 Å².